The number of hydrogen-bond acceptors (Lipinski definition) is 4. The highest BCUT2D eigenvalue weighted by molar-refractivity contribution is 6.39. The monoisotopic (exact) mass is 233 g/mol. The maximum Gasteiger partial charge on any atom is 0.313 e. The number of amides is 2. The molecule has 0 aliphatic rings. The molecule has 0 aliphatic heterocycles. The molecular weight excluding hydrogens is 222 g/mol. The van der Waals surface area contributed by atoms with E-state index in [0.29, 0.717) is 11.3 Å². The summed E-state index contributed by atoms with van der Waals surface area (Å²) in [7, 11) is 0. The van der Waals surface area contributed by atoms with Crippen LogP contribution in [0.1, 0.15) is 5.56 Å². The van der Waals surface area contributed by atoms with Crippen LogP contribution in [0.15, 0.2) is 24.3 Å². The molecule has 0 heterocycles. The summed E-state index contributed by atoms with van der Waals surface area (Å²) in [5.41, 5.74) is 0.876. The number of aliphatic hydroxyl groups excluding tert-OH is 1. The van der Waals surface area contributed by atoms with E-state index in [1.54, 1.807) is 30.3 Å². The number of rotatable bonds is 3. The molecule has 0 spiro atoms. The number of nitrogens with one attached hydrogen (secondary N) is 2. The molecule has 0 saturated carbocycles. The van der Waals surface area contributed by atoms with Crippen LogP contribution in [0.3, 0.4) is 0 Å². The number of hydrogen-bond donors (Lipinski definition) is 3. The highest BCUT2D eigenvalue weighted by Gasteiger charge is 2.14. The van der Waals surface area contributed by atoms with E-state index in [0.717, 1.165) is 0 Å². The molecule has 0 radical (unpaired) electrons. The van der Waals surface area contributed by atoms with Gasteiger partial charge in [-0.25, -0.2) is 0 Å². The van der Waals surface area contributed by atoms with Gasteiger partial charge in [-0.15, -0.1) is 0 Å². The zero-order valence-corrected chi connectivity index (χ0v) is 8.93. The van der Waals surface area contributed by atoms with E-state index in [1.165, 1.54) is 0 Å². The summed E-state index contributed by atoms with van der Waals surface area (Å²) in [6.07, 6.45) is 0. The number of nitrogens with zero attached hydrogens (tertiary/aromatic N) is 1. The summed E-state index contributed by atoms with van der Waals surface area (Å²) in [5.74, 6) is -1.76. The predicted molar refractivity (Wildman–Crippen MR) is 59.6 cm³/mol. The highest BCUT2D eigenvalue weighted by Crippen LogP contribution is 2.14. The normalized spacial score (nSPS) is 9.18. The summed E-state index contributed by atoms with van der Waals surface area (Å²) >= 11 is 0. The lowest BCUT2D eigenvalue weighted by Crippen LogP contribution is -2.35. The molecule has 1 aromatic rings. The fourth-order valence-electron chi connectivity index (χ4n) is 1.16. The van der Waals surface area contributed by atoms with Gasteiger partial charge in [-0.1, -0.05) is 18.2 Å². The van der Waals surface area contributed by atoms with E-state index in [9.17, 15) is 9.59 Å². The van der Waals surface area contributed by atoms with E-state index in [2.05, 4.69) is 10.6 Å². The molecule has 17 heavy (non-hydrogen) atoms. The van der Waals surface area contributed by atoms with E-state index in [1.807, 2.05) is 0 Å². The molecule has 1 aromatic carbocycles. The van der Waals surface area contributed by atoms with Crippen molar-refractivity contribution in [2.45, 2.75) is 6.61 Å². The third-order valence-corrected chi connectivity index (χ3v) is 1.97. The Kier molecular flexibility index (Phi) is 4.66. The molecule has 6 nitrogen and oxygen atoms in total. The Hall–Kier alpha value is -2.39. The van der Waals surface area contributed by atoms with Crippen LogP contribution in [0.25, 0.3) is 0 Å². The number of benzene rings is 1. The Morgan fingerprint density at radius 1 is 1.29 bits per heavy atom. The van der Waals surface area contributed by atoms with Crippen molar-refractivity contribution >= 4 is 17.5 Å². The van der Waals surface area contributed by atoms with Crippen molar-refractivity contribution < 1.29 is 14.7 Å². The fraction of sp³-hybridized carbons (Fsp3) is 0.182. The van der Waals surface area contributed by atoms with Gasteiger partial charge >= 0.3 is 11.8 Å². The van der Waals surface area contributed by atoms with Crippen LogP contribution in [-0.4, -0.2) is 23.5 Å². The average molecular weight is 233 g/mol. The topological polar surface area (TPSA) is 102 Å². The molecule has 88 valence electrons. The SMILES string of the molecule is N#CCNC(=O)C(=O)Nc1ccccc1CO. The van der Waals surface area contributed by atoms with Gasteiger partial charge in [0.05, 0.1) is 12.7 Å². The lowest BCUT2D eigenvalue weighted by atomic mass is 10.2. The van der Waals surface area contributed by atoms with E-state index >= 15 is 0 Å². The first-order chi connectivity index (χ1) is 8.19. The van der Waals surface area contributed by atoms with E-state index < -0.39 is 11.8 Å². The van der Waals surface area contributed by atoms with Gasteiger partial charge in [0.1, 0.15) is 6.54 Å². The molecule has 3 N–H and O–H groups in total. The second kappa shape index (κ2) is 6.25. The number of carbonyl (C=O) groups excluding carboxylic acids is 2. The Morgan fingerprint density at radius 2 is 2.00 bits per heavy atom. The fourth-order valence-corrected chi connectivity index (χ4v) is 1.16. The molecule has 6 heteroatoms. The quantitative estimate of drug-likeness (QED) is 0.495. The summed E-state index contributed by atoms with van der Waals surface area (Å²) < 4.78 is 0. The lowest BCUT2D eigenvalue weighted by molar-refractivity contribution is -0.136. The van der Waals surface area contributed by atoms with Crippen molar-refractivity contribution in [2.75, 3.05) is 11.9 Å². The van der Waals surface area contributed by atoms with Crippen LogP contribution in [0.2, 0.25) is 0 Å². The van der Waals surface area contributed by atoms with Crippen molar-refractivity contribution in [2.24, 2.45) is 0 Å². The molecule has 0 saturated heterocycles. The molecule has 0 aliphatic carbocycles. The molecule has 2 amide bonds. The minimum atomic E-state index is -0.890. The Morgan fingerprint density at radius 3 is 2.65 bits per heavy atom. The average Bonchev–Trinajstić information content (AvgIpc) is 2.36. The molecular formula is C11H11N3O3. The van der Waals surface area contributed by atoms with Crippen molar-refractivity contribution in [3.63, 3.8) is 0 Å². The predicted octanol–water partition coefficient (Wildman–Crippen LogP) is -0.243. The second-order valence-electron chi connectivity index (χ2n) is 3.11. The molecule has 0 bridgehead atoms. The van der Waals surface area contributed by atoms with Crippen molar-refractivity contribution in [3.05, 3.63) is 29.8 Å². The van der Waals surface area contributed by atoms with Crippen LogP contribution in [0.4, 0.5) is 5.69 Å². The van der Waals surface area contributed by atoms with Gasteiger partial charge in [0.15, 0.2) is 0 Å². The first-order valence-electron chi connectivity index (χ1n) is 4.84. The van der Waals surface area contributed by atoms with Gasteiger partial charge in [0.2, 0.25) is 0 Å². The number of nitriles is 1. The maximum atomic E-state index is 11.4. The third kappa shape index (κ3) is 3.59. The van der Waals surface area contributed by atoms with Gasteiger partial charge in [0.25, 0.3) is 0 Å². The van der Waals surface area contributed by atoms with E-state index in [-0.39, 0.29) is 13.2 Å². The first-order valence-corrected chi connectivity index (χ1v) is 4.84. The number of para-hydroxylation sites is 1. The third-order valence-electron chi connectivity index (χ3n) is 1.97. The van der Waals surface area contributed by atoms with Crippen LogP contribution < -0.4 is 10.6 Å². The largest absolute Gasteiger partial charge is 0.392 e. The number of aliphatic hydroxyl groups is 1. The molecule has 0 atom stereocenters. The summed E-state index contributed by atoms with van der Waals surface area (Å²) in [5, 5.41) is 21.7. The second-order valence-corrected chi connectivity index (χ2v) is 3.11. The zero-order chi connectivity index (χ0) is 12.7. The first kappa shape index (κ1) is 12.7. The Balaban J connectivity index is 2.68. The molecule has 0 aromatic heterocycles. The van der Waals surface area contributed by atoms with Crippen molar-refractivity contribution in [1.82, 2.24) is 5.32 Å². The molecule has 1 rings (SSSR count). The Bertz CT molecular complexity index is 465. The van der Waals surface area contributed by atoms with Crippen LogP contribution >= 0.6 is 0 Å². The maximum absolute atomic E-state index is 11.4. The standard InChI is InChI=1S/C11H11N3O3/c12-5-6-13-10(16)11(17)14-9-4-2-1-3-8(9)7-15/h1-4,15H,6-7H2,(H,13,16)(H,14,17). The van der Waals surface area contributed by atoms with Crippen molar-refractivity contribution in [3.8, 4) is 6.07 Å². The summed E-state index contributed by atoms with van der Waals surface area (Å²) in [4.78, 5) is 22.5. The highest BCUT2D eigenvalue weighted by atomic mass is 16.3. The van der Waals surface area contributed by atoms with Crippen LogP contribution in [-0.2, 0) is 16.2 Å². The number of anilines is 1. The van der Waals surface area contributed by atoms with Crippen LogP contribution in [0, 0.1) is 11.3 Å². The molecule has 0 fully saturated rings. The van der Waals surface area contributed by atoms with Gasteiger partial charge < -0.3 is 15.7 Å². The zero-order valence-electron chi connectivity index (χ0n) is 8.93. The van der Waals surface area contributed by atoms with Gasteiger partial charge in [-0.05, 0) is 6.07 Å². The summed E-state index contributed by atoms with van der Waals surface area (Å²) in [6, 6.07) is 8.26. The van der Waals surface area contributed by atoms with Gasteiger partial charge in [0, 0.05) is 11.3 Å². The smallest absolute Gasteiger partial charge is 0.313 e. The van der Waals surface area contributed by atoms with Crippen molar-refractivity contribution in [1.29, 1.82) is 5.26 Å². The van der Waals surface area contributed by atoms with Crippen LogP contribution in [0.5, 0.6) is 0 Å². The van der Waals surface area contributed by atoms with E-state index in [4.69, 9.17) is 10.4 Å². The minimum Gasteiger partial charge on any atom is -0.392 e. The van der Waals surface area contributed by atoms with Gasteiger partial charge in [-0.2, -0.15) is 5.26 Å². The minimum absolute atomic E-state index is 0.228. The Labute approximate surface area is 97.9 Å². The van der Waals surface area contributed by atoms with Gasteiger partial charge in [-0.3, -0.25) is 9.59 Å². The summed E-state index contributed by atoms with van der Waals surface area (Å²) in [6.45, 7) is -0.468. The lowest BCUT2D eigenvalue weighted by Gasteiger charge is -2.08. The number of carbonyl (C=O) groups is 2. The molecule has 0 unspecified atom stereocenters.